The highest BCUT2D eigenvalue weighted by Crippen LogP contribution is 2.24. The van der Waals surface area contributed by atoms with E-state index < -0.39 is 0 Å². The predicted molar refractivity (Wildman–Crippen MR) is 50.9 cm³/mol. The molecule has 1 aromatic rings. The first kappa shape index (κ1) is 8.39. The lowest BCUT2D eigenvalue weighted by Gasteiger charge is -2.03. The fourth-order valence-electron chi connectivity index (χ4n) is 1.45. The molecule has 0 spiro atoms. The maximum absolute atomic E-state index is 11.6. The summed E-state index contributed by atoms with van der Waals surface area (Å²) in [4.78, 5) is 11.6. The lowest BCUT2D eigenvalue weighted by molar-refractivity contribution is 0.688. The normalized spacial score (nSPS) is 13.8. The van der Waals surface area contributed by atoms with E-state index in [1.165, 1.54) is 0 Å². The quantitative estimate of drug-likeness (QED) is 0.619. The zero-order chi connectivity index (χ0) is 9.42. The van der Waals surface area contributed by atoms with Gasteiger partial charge in [0, 0.05) is 12.3 Å². The average Bonchev–Trinajstić information content (AvgIpc) is 2.53. The monoisotopic (exact) mass is 192 g/mol. The van der Waals surface area contributed by atoms with Gasteiger partial charge >= 0.3 is 0 Å². The van der Waals surface area contributed by atoms with Gasteiger partial charge in [-0.15, -0.1) is 11.8 Å². The van der Waals surface area contributed by atoms with Crippen LogP contribution in [0.15, 0.2) is 15.9 Å². The van der Waals surface area contributed by atoms with Crippen LogP contribution in [0.1, 0.15) is 11.1 Å². The van der Waals surface area contributed by atoms with Gasteiger partial charge in [-0.1, -0.05) is 0 Å². The molecule has 0 unspecified atom stereocenters. The van der Waals surface area contributed by atoms with Crippen molar-refractivity contribution in [3.63, 3.8) is 0 Å². The molecule has 0 saturated carbocycles. The smallest absolute Gasteiger partial charge is 0.269 e. The first-order valence-electron chi connectivity index (χ1n) is 4.01. The van der Waals surface area contributed by atoms with Crippen LogP contribution >= 0.6 is 11.8 Å². The van der Waals surface area contributed by atoms with E-state index in [4.69, 9.17) is 5.26 Å². The van der Waals surface area contributed by atoms with Crippen LogP contribution in [0.5, 0.6) is 0 Å². The molecule has 0 aliphatic carbocycles. The van der Waals surface area contributed by atoms with Crippen LogP contribution in [0, 0.1) is 18.3 Å². The van der Waals surface area contributed by atoms with Crippen molar-refractivity contribution in [1.82, 2.24) is 4.57 Å². The number of pyridine rings is 1. The van der Waals surface area contributed by atoms with Crippen LogP contribution in [0.2, 0.25) is 0 Å². The minimum absolute atomic E-state index is 0.137. The largest absolute Gasteiger partial charge is 0.301 e. The molecule has 2 heterocycles. The van der Waals surface area contributed by atoms with E-state index in [-0.39, 0.29) is 11.1 Å². The van der Waals surface area contributed by atoms with Crippen molar-refractivity contribution in [2.24, 2.45) is 0 Å². The minimum Gasteiger partial charge on any atom is -0.301 e. The molecule has 0 N–H and O–H groups in total. The Hall–Kier alpha value is -1.21. The first-order chi connectivity index (χ1) is 6.24. The number of nitriles is 1. The molecular formula is C9H8N2OS. The number of aromatic nitrogens is 1. The number of nitrogens with zero attached hydrogens (tertiary/aromatic N) is 2. The molecule has 0 fully saturated rings. The van der Waals surface area contributed by atoms with Crippen molar-refractivity contribution in [2.45, 2.75) is 18.5 Å². The summed E-state index contributed by atoms with van der Waals surface area (Å²) in [6.45, 7) is 2.54. The number of hydrogen-bond acceptors (Lipinski definition) is 3. The van der Waals surface area contributed by atoms with Crippen molar-refractivity contribution in [3.8, 4) is 6.07 Å². The number of aryl methyl sites for hydroxylation is 1. The molecule has 0 amide bonds. The van der Waals surface area contributed by atoms with E-state index >= 15 is 0 Å². The maximum Gasteiger partial charge on any atom is 0.269 e. The molecule has 4 heteroatoms. The summed E-state index contributed by atoms with van der Waals surface area (Å²) < 4.78 is 1.68. The number of rotatable bonds is 0. The standard InChI is InChI=1S/C9H8N2OS/c1-6-4-8-11(2-3-13-8)9(12)7(6)5-10/h4H,2-3H2,1H3. The summed E-state index contributed by atoms with van der Waals surface area (Å²) in [5.74, 6) is 0.934. The predicted octanol–water partition coefficient (Wildman–Crippen LogP) is 1.13. The van der Waals surface area contributed by atoms with Crippen molar-refractivity contribution < 1.29 is 0 Å². The van der Waals surface area contributed by atoms with Crippen LogP contribution in [0.4, 0.5) is 0 Å². The van der Waals surface area contributed by atoms with Gasteiger partial charge in [0.15, 0.2) is 0 Å². The Morgan fingerprint density at radius 2 is 2.46 bits per heavy atom. The Labute approximate surface area is 80.0 Å². The van der Waals surface area contributed by atoms with E-state index in [0.29, 0.717) is 0 Å². The third kappa shape index (κ3) is 1.16. The van der Waals surface area contributed by atoms with Crippen molar-refractivity contribution in [2.75, 3.05) is 5.75 Å². The molecule has 13 heavy (non-hydrogen) atoms. The van der Waals surface area contributed by atoms with Gasteiger partial charge in [-0.3, -0.25) is 4.79 Å². The SMILES string of the molecule is Cc1cc2n(c(=O)c1C#N)CCS2. The highest BCUT2D eigenvalue weighted by atomic mass is 32.2. The van der Waals surface area contributed by atoms with E-state index in [1.54, 1.807) is 23.3 Å². The zero-order valence-electron chi connectivity index (χ0n) is 7.20. The Morgan fingerprint density at radius 3 is 3.15 bits per heavy atom. The van der Waals surface area contributed by atoms with Crippen LogP contribution < -0.4 is 5.56 Å². The van der Waals surface area contributed by atoms with E-state index in [2.05, 4.69) is 0 Å². The number of fused-ring (bicyclic) bond motifs is 1. The molecule has 1 aliphatic rings. The van der Waals surface area contributed by atoms with Crippen LogP contribution in [0.3, 0.4) is 0 Å². The van der Waals surface area contributed by atoms with Gasteiger partial charge < -0.3 is 4.57 Å². The molecule has 0 radical (unpaired) electrons. The Morgan fingerprint density at radius 1 is 1.69 bits per heavy atom. The summed E-state index contributed by atoms with van der Waals surface area (Å²) in [5, 5.41) is 9.75. The van der Waals surface area contributed by atoms with Crippen molar-refractivity contribution >= 4 is 11.8 Å². The van der Waals surface area contributed by atoms with Crippen LogP contribution in [-0.2, 0) is 6.54 Å². The van der Waals surface area contributed by atoms with Crippen molar-refractivity contribution in [1.29, 1.82) is 5.26 Å². The highest BCUT2D eigenvalue weighted by Gasteiger charge is 2.16. The molecule has 0 saturated heterocycles. The van der Waals surface area contributed by atoms with Gasteiger partial charge in [0.1, 0.15) is 11.6 Å². The topological polar surface area (TPSA) is 45.8 Å². The average molecular weight is 192 g/mol. The molecule has 1 aliphatic heterocycles. The summed E-state index contributed by atoms with van der Waals surface area (Å²) in [6.07, 6.45) is 0. The fraction of sp³-hybridized carbons (Fsp3) is 0.333. The van der Waals surface area contributed by atoms with Gasteiger partial charge in [0.2, 0.25) is 0 Å². The number of thioether (sulfide) groups is 1. The van der Waals surface area contributed by atoms with E-state index in [0.717, 1.165) is 22.9 Å². The summed E-state index contributed by atoms with van der Waals surface area (Å²) in [7, 11) is 0. The van der Waals surface area contributed by atoms with E-state index in [1.807, 2.05) is 12.1 Å². The molecule has 66 valence electrons. The summed E-state index contributed by atoms with van der Waals surface area (Å²) in [5.41, 5.74) is 0.932. The van der Waals surface area contributed by atoms with Gasteiger partial charge in [-0.05, 0) is 18.6 Å². The van der Waals surface area contributed by atoms with Gasteiger partial charge in [-0.2, -0.15) is 5.26 Å². The first-order valence-corrected chi connectivity index (χ1v) is 5.00. The van der Waals surface area contributed by atoms with Gasteiger partial charge in [-0.25, -0.2) is 0 Å². The molecular weight excluding hydrogens is 184 g/mol. The second-order valence-corrected chi connectivity index (χ2v) is 4.07. The van der Waals surface area contributed by atoms with Gasteiger partial charge in [0.25, 0.3) is 5.56 Å². The summed E-state index contributed by atoms with van der Waals surface area (Å²) in [6, 6.07) is 3.86. The lowest BCUT2D eigenvalue weighted by Crippen LogP contribution is -2.22. The van der Waals surface area contributed by atoms with Crippen molar-refractivity contribution in [3.05, 3.63) is 27.5 Å². The molecule has 0 atom stereocenters. The third-order valence-corrected chi connectivity index (χ3v) is 3.16. The van der Waals surface area contributed by atoms with Gasteiger partial charge in [0.05, 0.1) is 5.03 Å². The molecule has 3 nitrogen and oxygen atoms in total. The Kier molecular flexibility index (Phi) is 1.89. The second kappa shape index (κ2) is 2.93. The summed E-state index contributed by atoms with van der Waals surface area (Å²) >= 11 is 1.67. The van der Waals surface area contributed by atoms with E-state index in [9.17, 15) is 4.79 Å². The minimum atomic E-state index is -0.137. The molecule has 1 aromatic heterocycles. The maximum atomic E-state index is 11.6. The fourth-order valence-corrected chi connectivity index (χ4v) is 2.52. The molecule has 0 bridgehead atoms. The third-order valence-electron chi connectivity index (χ3n) is 2.14. The zero-order valence-corrected chi connectivity index (χ0v) is 8.02. The van der Waals surface area contributed by atoms with Crippen LogP contribution in [0.25, 0.3) is 0 Å². The lowest BCUT2D eigenvalue weighted by atomic mass is 10.2. The van der Waals surface area contributed by atoms with Crippen LogP contribution in [-0.4, -0.2) is 10.3 Å². The molecule has 2 rings (SSSR count). The Bertz CT molecular complexity index is 455. The number of hydrogen-bond donors (Lipinski definition) is 0. The molecule has 0 aromatic carbocycles. The second-order valence-electron chi connectivity index (χ2n) is 2.96. The Balaban J connectivity index is 2.79. The highest BCUT2D eigenvalue weighted by molar-refractivity contribution is 7.99.